The number of amides is 3. The Kier molecular flexibility index (Phi) is 11.2. The Morgan fingerprint density at radius 1 is 1.15 bits per heavy atom. The number of methoxy groups -OCH3 is 1. The van der Waals surface area contributed by atoms with Crippen LogP contribution in [-0.4, -0.2) is 72.0 Å². The van der Waals surface area contributed by atoms with Gasteiger partial charge in [-0.15, -0.1) is 0 Å². The van der Waals surface area contributed by atoms with Crippen LogP contribution in [0.2, 0.25) is 0 Å². The van der Waals surface area contributed by atoms with Crippen LogP contribution in [0.25, 0.3) is 0 Å². The lowest BCUT2D eigenvalue weighted by molar-refractivity contribution is -0.140. The Morgan fingerprint density at radius 3 is 2.33 bits per heavy atom. The number of cyclic esters (lactones) is 1. The largest absolute Gasteiger partial charge is 0.468 e. The number of hydrazone groups is 1. The summed E-state index contributed by atoms with van der Waals surface area (Å²) in [5, 5.41) is 5.83. The normalized spacial score (nSPS) is 16.6. The molecule has 222 valence electrons. The van der Waals surface area contributed by atoms with Gasteiger partial charge in [0.25, 0.3) is 0 Å². The maximum absolute atomic E-state index is 15.4. The summed E-state index contributed by atoms with van der Waals surface area (Å²) >= 11 is 0.910. The van der Waals surface area contributed by atoms with Gasteiger partial charge in [0.05, 0.1) is 25.9 Å². The highest BCUT2D eigenvalue weighted by atomic mass is 32.2. The van der Waals surface area contributed by atoms with Gasteiger partial charge in [0.2, 0.25) is 0 Å². The number of thioether (sulfide) groups is 1. The summed E-state index contributed by atoms with van der Waals surface area (Å²) in [5.41, 5.74) is 0.937. The average molecular weight is 585 g/mol. The van der Waals surface area contributed by atoms with Gasteiger partial charge in [-0.3, -0.25) is 9.69 Å². The fourth-order valence-corrected chi connectivity index (χ4v) is 4.33. The molecule has 1 aliphatic heterocycles. The third kappa shape index (κ3) is 10.2. The van der Waals surface area contributed by atoms with E-state index in [0.29, 0.717) is 6.42 Å². The number of nitrogens with zero attached hydrogens (tertiary/aromatic N) is 2. The van der Waals surface area contributed by atoms with Gasteiger partial charge in [-0.25, -0.2) is 24.2 Å². The second-order valence-corrected chi connectivity index (χ2v) is 11.9. The Morgan fingerprint density at radius 2 is 1.77 bits per heavy atom. The number of benzene rings is 1. The molecule has 2 atom stereocenters. The van der Waals surface area contributed by atoms with E-state index in [-0.39, 0.29) is 29.4 Å². The SMILES string of the molecule is CCC(SC(=NNC(=O)OC(C)(C)C)c1ccc(N2C[C@H](CNC(=O)OC(C)(C)C)OC2=O)cc1F)C(=O)OC. The monoisotopic (exact) mass is 584 g/mol. The lowest BCUT2D eigenvalue weighted by Gasteiger charge is -2.20. The number of anilines is 1. The molecule has 1 fully saturated rings. The number of halogens is 1. The first-order valence-electron chi connectivity index (χ1n) is 12.6. The van der Waals surface area contributed by atoms with Crippen molar-refractivity contribution < 1.29 is 42.5 Å². The number of hydrogen-bond acceptors (Lipinski definition) is 10. The highest BCUT2D eigenvalue weighted by Gasteiger charge is 2.34. The predicted octanol–water partition coefficient (Wildman–Crippen LogP) is 4.55. The molecule has 0 aromatic heterocycles. The van der Waals surface area contributed by atoms with Crippen molar-refractivity contribution in [2.45, 2.75) is 77.4 Å². The molecule has 1 unspecified atom stereocenters. The first-order chi connectivity index (χ1) is 18.5. The van der Waals surface area contributed by atoms with Crippen molar-refractivity contribution in [2.75, 3.05) is 25.1 Å². The Labute approximate surface area is 237 Å². The van der Waals surface area contributed by atoms with Crippen molar-refractivity contribution in [3.63, 3.8) is 0 Å². The minimum Gasteiger partial charge on any atom is -0.468 e. The minimum atomic E-state index is -0.861. The van der Waals surface area contributed by atoms with Crippen molar-refractivity contribution >= 4 is 46.7 Å². The van der Waals surface area contributed by atoms with E-state index in [1.54, 1.807) is 48.5 Å². The molecule has 0 bridgehead atoms. The number of ether oxygens (including phenoxy) is 4. The first-order valence-corrected chi connectivity index (χ1v) is 13.5. The summed E-state index contributed by atoms with van der Waals surface area (Å²) in [6.45, 7) is 12.0. The van der Waals surface area contributed by atoms with Crippen LogP contribution < -0.4 is 15.6 Å². The van der Waals surface area contributed by atoms with Gasteiger partial charge in [-0.1, -0.05) is 18.7 Å². The van der Waals surface area contributed by atoms with Crippen molar-refractivity contribution in [3.05, 3.63) is 29.6 Å². The maximum Gasteiger partial charge on any atom is 0.428 e. The van der Waals surface area contributed by atoms with Crippen molar-refractivity contribution in [2.24, 2.45) is 5.10 Å². The van der Waals surface area contributed by atoms with Gasteiger partial charge in [0.15, 0.2) is 0 Å². The lowest BCUT2D eigenvalue weighted by atomic mass is 10.2. The number of carbonyl (C=O) groups excluding carboxylic acids is 4. The third-order valence-electron chi connectivity index (χ3n) is 4.98. The first kappa shape index (κ1) is 32.7. The second kappa shape index (κ2) is 13.7. The topological polar surface area (TPSA) is 145 Å². The van der Waals surface area contributed by atoms with E-state index in [9.17, 15) is 19.2 Å². The average Bonchev–Trinajstić information content (AvgIpc) is 3.21. The molecule has 2 N–H and O–H groups in total. The summed E-state index contributed by atoms with van der Waals surface area (Å²) in [5.74, 6) is -1.31. The van der Waals surface area contributed by atoms with Crippen molar-refractivity contribution in [3.8, 4) is 0 Å². The van der Waals surface area contributed by atoms with Crippen molar-refractivity contribution in [1.29, 1.82) is 0 Å². The molecule has 12 nitrogen and oxygen atoms in total. The highest BCUT2D eigenvalue weighted by molar-refractivity contribution is 8.15. The quantitative estimate of drug-likeness (QED) is 0.148. The van der Waals surface area contributed by atoms with E-state index in [4.69, 9.17) is 18.9 Å². The summed E-state index contributed by atoms with van der Waals surface area (Å²) < 4.78 is 35.9. The number of hydrogen-bond donors (Lipinski definition) is 2. The minimum absolute atomic E-state index is 0.00408. The van der Waals surface area contributed by atoms with E-state index in [1.807, 2.05) is 0 Å². The molecule has 1 heterocycles. The fraction of sp³-hybridized carbons (Fsp3) is 0.577. The molecule has 1 aromatic rings. The van der Waals surface area contributed by atoms with Gasteiger partial charge in [0.1, 0.15) is 33.4 Å². The third-order valence-corrected chi connectivity index (χ3v) is 6.32. The highest BCUT2D eigenvalue weighted by Crippen LogP contribution is 2.28. The fourth-order valence-electron chi connectivity index (χ4n) is 3.31. The number of alkyl carbamates (subject to hydrolysis) is 1. The van der Waals surface area contributed by atoms with E-state index in [1.165, 1.54) is 24.1 Å². The molecule has 1 aliphatic rings. The maximum atomic E-state index is 15.4. The zero-order valence-corrected chi connectivity index (χ0v) is 24.8. The molecule has 0 radical (unpaired) electrons. The van der Waals surface area contributed by atoms with E-state index >= 15 is 4.39 Å². The molecule has 14 heteroatoms. The molecule has 0 saturated carbocycles. The Hall–Kier alpha value is -3.55. The zero-order chi connectivity index (χ0) is 30.3. The van der Waals surface area contributed by atoms with Crippen LogP contribution in [-0.2, 0) is 23.7 Å². The van der Waals surface area contributed by atoms with Crippen LogP contribution in [0, 0.1) is 5.82 Å². The van der Waals surface area contributed by atoms with E-state index < -0.39 is 52.6 Å². The molecule has 0 aliphatic carbocycles. The molecule has 0 spiro atoms. The van der Waals surface area contributed by atoms with Crippen LogP contribution in [0.1, 0.15) is 60.5 Å². The molecular weight excluding hydrogens is 547 g/mol. The van der Waals surface area contributed by atoms with Gasteiger partial charge < -0.3 is 24.3 Å². The lowest BCUT2D eigenvalue weighted by Crippen LogP contribution is -2.38. The molecule has 1 saturated heterocycles. The van der Waals surface area contributed by atoms with Crippen molar-refractivity contribution in [1.82, 2.24) is 10.7 Å². The van der Waals surface area contributed by atoms with Crippen LogP contribution in [0.15, 0.2) is 23.3 Å². The number of esters is 1. The van der Waals surface area contributed by atoms with E-state index in [0.717, 1.165) is 17.8 Å². The van der Waals surface area contributed by atoms with Crippen LogP contribution >= 0.6 is 11.8 Å². The summed E-state index contributed by atoms with van der Waals surface area (Å²) in [6, 6.07) is 3.96. The van der Waals surface area contributed by atoms with Crippen LogP contribution in [0.4, 0.5) is 24.5 Å². The molecule has 1 aromatic carbocycles. The van der Waals surface area contributed by atoms with Crippen LogP contribution in [0.5, 0.6) is 0 Å². The standard InChI is InChI=1S/C26H37FN4O8S/c1-9-19(21(32)36-8)40-20(29-30-23(34)39-26(5,6)7)17-11-10-15(12-18(17)27)31-14-16(37-24(31)35)13-28-22(33)38-25(2,3)4/h10-12,16,19H,9,13-14H2,1-8H3,(H,28,33)(H,30,34)/t16-,19?/m0/s1. The summed E-state index contributed by atoms with van der Waals surface area (Å²) in [7, 11) is 1.24. The van der Waals surface area contributed by atoms with Gasteiger partial charge in [-0.05, 0) is 66.2 Å². The Balaban J connectivity index is 2.23. The number of carbonyl (C=O) groups is 4. The van der Waals surface area contributed by atoms with E-state index in [2.05, 4.69) is 15.8 Å². The number of nitrogens with one attached hydrogen (secondary N) is 2. The zero-order valence-electron chi connectivity index (χ0n) is 24.0. The molecule has 40 heavy (non-hydrogen) atoms. The van der Waals surface area contributed by atoms with Gasteiger partial charge >= 0.3 is 24.2 Å². The molecule has 2 rings (SSSR count). The second-order valence-electron chi connectivity index (χ2n) is 10.7. The van der Waals surface area contributed by atoms with Crippen LogP contribution in [0.3, 0.4) is 0 Å². The predicted molar refractivity (Wildman–Crippen MR) is 148 cm³/mol. The number of rotatable bonds is 8. The summed E-state index contributed by atoms with van der Waals surface area (Å²) in [6.07, 6.45) is -2.56. The summed E-state index contributed by atoms with van der Waals surface area (Å²) in [4.78, 5) is 49.9. The Bertz CT molecular complexity index is 1130. The van der Waals surface area contributed by atoms with Gasteiger partial charge in [-0.2, -0.15) is 5.10 Å². The smallest absolute Gasteiger partial charge is 0.428 e. The molecule has 3 amide bonds. The van der Waals surface area contributed by atoms with Gasteiger partial charge in [0, 0.05) is 5.56 Å². The molecular formula is C26H37FN4O8S.